The zero-order valence-corrected chi connectivity index (χ0v) is 11.9. The van der Waals surface area contributed by atoms with Gasteiger partial charge in [-0.2, -0.15) is 0 Å². The highest BCUT2D eigenvalue weighted by Crippen LogP contribution is 2.40. The molecule has 0 radical (unpaired) electrons. The van der Waals surface area contributed by atoms with Crippen molar-refractivity contribution in [3.05, 3.63) is 0 Å². The summed E-state index contributed by atoms with van der Waals surface area (Å²) in [6.45, 7) is 9.32. The van der Waals surface area contributed by atoms with Crippen molar-refractivity contribution in [2.24, 2.45) is 11.8 Å². The van der Waals surface area contributed by atoms with Gasteiger partial charge >= 0.3 is 0 Å². The molecule has 0 aromatic rings. The summed E-state index contributed by atoms with van der Waals surface area (Å²) in [7, 11) is 0. The number of nitrogens with one attached hydrogen (secondary N) is 1. The minimum absolute atomic E-state index is 0.552. The first-order valence-electron chi connectivity index (χ1n) is 7.84. The zero-order valence-electron chi connectivity index (χ0n) is 11.9. The fourth-order valence-corrected chi connectivity index (χ4v) is 3.59. The molecule has 3 nitrogen and oxygen atoms in total. The maximum atomic E-state index is 6.02. The maximum absolute atomic E-state index is 6.02. The molecule has 2 aliphatic heterocycles. The van der Waals surface area contributed by atoms with E-state index in [4.69, 9.17) is 4.74 Å². The first kappa shape index (κ1) is 12.9. The van der Waals surface area contributed by atoms with Crippen LogP contribution in [0.5, 0.6) is 0 Å². The minimum Gasteiger partial charge on any atom is -0.376 e. The lowest BCUT2D eigenvalue weighted by atomic mass is 10.0. The fraction of sp³-hybridized carbons (Fsp3) is 1.00. The van der Waals surface area contributed by atoms with E-state index in [9.17, 15) is 0 Å². The molecule has 2 saturated heterocycles. The quantitative estimate of drug-likeness (QED) is 0.830. The molecule has 2 heterocycles. The van der Waals surface area contributed by atoms with Crippen molar-refractivity contribution >= 4 is 0 Å². The van der Waals surface area contributed by atoms with E-state index in [0.717, 1.165) is 18.4 Å². The summed E-state index contributed by atoms with van der Waals surface area (Å²) in [5.74, 6) is 1.61. The number of hydrogen-bond acceptors (Lipinski definition) is 3. The molecule has 3 fully saturated rings. The molecular weight excluding hydrogens is 224 g/mol. The van der Waals surface area contributed by atoms with Gasteiger partial charge in [-0.15, -0.1) is 0 Å². The van der Waals surface area contributed by atoms with Crippen LogP contribution in [-0.4, -0.2) is 49.3 Å². The molecule has 0 bridgehead atoms. The second-order valence-corrected chi connectivity index (χ2v) is 6.68. The fourth-order valence-electron chi connectivity index (χ4n) is 3.59. The second-order valence-electron chi connectivity index (χ2n) is 6.68. The molecule has 3 heteroatoms. The Balaban J connectivity index is 1.65. The lowest BCUT2D eigenvalue weighted by Gasteiger charge is -2.34. The minimum atomic E-state index is 0.552. The monoisotopic (exact) mass is 252 g/mol. The Kier molecular flexibility index (Phi) is 3.92. The van der Waals surface area contributed by atoms with Crippen LogP contribution in [-0.2, 0) is 4.74 Å². The Hall–Kier alpha value is -0.120. The van der Waals surface area contributed by atoms with Gasteiger partial charge in [0.2, 0.25) is 0 Å². The van der Waals surface area contributed by atoms with Crippen molar-refractivity contribution in [3.8, 4) is 0 Å². The van der Waals surface area contributed by atoms with Crippen molar-refractivity contribution in [1.82, 2.24) is 10.2 Å². The third-order valence-corrected chi connectivity index (χ3v) is 4.92. The van der Waals surface area contributed by atoms with Gasteiger partial charge in [0.25, 0.3) is 0 Å². The molecule has 1 aliphatic carbocycles. The molecule has 3 aliphatic rings. The van der Waals surface area contributed by atoms with Gasteiger partial charge in [-0.05, 0) is 50.6 Å². The molecule has 1 saturated carbocycles. The van der Waals surface area contributed by atoms with Gasteiger partial charge in [-0.3, -0.25) is 4.90 Å². The molecule has 3 rings (SSSR count). The van der Waals surface area contributed by atoms with Crippen molar-refractivity contribution in [1.29, 1.82) is 0 Å². The van der Waals surface area contributed by atoms with Gasteiger partial charge in [0.15, 0.2) is 0 Å². The molecule has 0 aromatic carbocycles. The van der Waals surface area contributed by atoms with Gasteiger partial charge in [0.1, 0.15) is 0 Å². The lowest BCUT2D eigenvalue weighted by molar-refractivity contribution is 0.0436. The van der Waals surface area contributed by atoms with Crippen LogP contribution in [0.15, 0.2) is 0 Å². The van der Waals surface area contributed by atoms with Crippen molar-refractivity contribution in [3.63, 3.8) is 0 Å². The van der Waals surface area contributed by atoms with Gasteiger partial charge in [0, 0.05) is 25.2 Å². The lowest BCUT2D eigenvalue weighted by Crippen LogP contribution is -2.48. The molecule has 0 spiro atoms. The Morgan fingerprint density at radius 2 is 2.06 bits per heavy atom. The molecule has 0 aromatic heterocycles. The average molecular weight is 252 g/mol. The van der Waals surface area contributed by atoms with Crippen molar-refractivity contribution in [2.75, 3.05) is 26.2 Å². The molecule has 0 amide bonds. The van der Waals surface area contributed by atoms with Crippen molar-refractivity contribution in [2.45, 2.75) is 57.7 Å². The molecule has 104 valence electrons. The van der Waals surface area contributed by atoms with E-state index in [-0.39, 0.29) is 0 Å². The second kappa shape index (κ2) is 5.48. The standard InChI is InChI=1S/C15H28N2O/c1-11(2)13-10-17(8-3-7-16-13)14-6-9-18-15(14)12-4-5-12/h11-16H,3-10H2,1-2H3. The SMILES string of the molecule is CC(C)C1CN(C2CCOC2C2CC2)CCCN1. The Bertz CT molecular complexity index is 278. The van der Waals surface area contributed by atoms with Gasteiger partial charge in [-0.25, -0.2) is 0 Å². The third kappa shape index (κ3) is 2.73. The van der Waals surface area contributed by atoms with Crippen LogP contribution in [0, 0.1) is 11.8 Å². The van der Waals surface area contributed by atoms with E-state index in [0.29, 0.717) is 18.2 Å². The Morgan fingerprint density at radius 1 is 1.22 bits per heavy atom. The normalized spacial score (nSPS) is 39.2. The predicted octanol–water partition coefficient (Wildman–Crippen LogP) is 1.87. The largest absolute Gasteiger partial charge is 0.376 e. The summed E-state index contributed by atoms with van der Waals surface area (Å²) in [4.78, 5) is 2.74. The molecule has 1 N–H and O–H groups in total. The van der Waals surface area contributed by atoms with E-state index in [1.165, 1.54) is 45.3 Å². The first-order valence-corrected chi connectivity index (χ1v) is 7.84. The van der Waals surface area contributed by atoms with Crippen LogP contribution in [0.2, 0.25) is 0 Å². The summed E-state index contributed by atoms with van der Waals surface area (Å²) in [6, 6.07) is 1.37. The Labute approximate surface area is 111 Å². The molecule has 3 atom stereocenters. The molecule has 18 heavy (non-hydrogen) atoms. The number of nitrogens with zero attached hydrogens (tertiary/aromatic N) is 1. The summed E-state index contributed by atoms with van der Waals surface area (Å²) < 4.78 is 6.02. The highest BCUT2D eigenvalue weighted by Gasteiger charge is 2.43. The van der Waals surface area contributed by atoms with E-state index in [2.05, 4.69) is 24.1 Å². The highest BCUT2D eigenvalue weighted by molar-refractivity contribution is 4.96. The van der Waals surface area contributed by atoms with Crippen LogP contribution >= 0.6 is 0 Å². The van der Waals surface area contributed by atoms with E-state index in [1.54, 1.807) is 0 Å². The van der Waals surface area contributed by atoms with E-state index in [1.807, 2.05) is 0 Å². The maximum Gasteiger partial charge on any atom is 0.0759 e. The summed E-state index contributed by atoms with van der Waals surface area (Å²) in [5, 5.41) is 3.71. The summed E-state index contributed by atoms with van der Waals surface area (Å²) >= 11 is 0. The van der Waals surface area contributed by atoms with Crippen LogP contribution in [0.3, 0.4) is 0 Å². The number of ether oxygens (including phenoxy) is 1. The average Bonchev–Trinajstić information content (AvgIpc) is 3.13. The topological polar surface area (TPSA) is 24.5 Å². The van der Waals surface area contributed by atoms with Gasteiger partial charge in [0.05, 0.1) is 6.10 Å². The zero-order chi connectivity index (χ0) is 12.5. The summed E-state index contributed by atoms with van der Waals surface area (Å²) in [6.07, 6.45) is 5.90. The van der Waals surface area contributed by atoms with Gasteiger partial charge in [-0.1, -0.05) is 13.8 Å². The third-order valence-electron chi connectivity index (χ3n) is 4.92. The van der Waals surface area contributed by atoms with Crippen LogP contribution in [0.25, 0.3) is 0 Å². The Morgan fingerprint density at radius 3 is 2.78 bits per heavy atom. The van der Waals surface area contributed by atoms with E-state index >= 15 is 0 Å². The summed E-state index contributed by atoms with van der Waals surface area (Å²) in [5.41, 5.74) is 0. The van der Waals surface area contributed by atoms with Crippen LogP contribution in [0.1, 0.15) is 39.5 Å². The van der Waals surface area contributed by atoms with Crippen LogP contribution < -0.4 is 5.32 Å². The van der Waals surface area contributed by atoms with Crippen molar-refractivity contribution < 1.29 is 4.74 Å². The smallest absolute Gasteiger partial charge is 0.0759 e. The highest BCUT2D eigenvalue weighted by atomic mass is 16.5. The predicted molar refractivity (Wildman–Crippen MR) is 73.7 cm³/mol. The number of rotatable bonds is 3. The van der Waals surface area contributed by atoms with Gasteiger partial charge < -0.3 is 10.1 Å². The first-order chi connectivity index (χ1) is 8.75. The molecular formula is C15H28N2O. The number of hydrogen-bond donors (Lipinski definition) is 1. The van der Waals surface area contributed by atoms with E-state index < -0.39 is 0 Å². The van der Waals surface area contributed by atoms with Crippen LogP contribution in [0.4, 0.5) is 0 Å². The molecule has 3 unspecified atom stereocenters.